The Morgan fingerprint density at radius 3 is 2.79 bits per heavy atom. The molecule has 0 bridgehead atoms. The first-order valence-electron chi connectivity index (χ1n) is 7.11. The molecular weight excluding hydrogens is 258 g/mol. The zero-order valence-electron chi connectivity index (χ0n) is 11.6. The van der Waals surface area contributed by atoms with Gasteiger partial charge in [-0.3, -0.25) is 4.79 Å². The Balaban J connectivity index is 1.98. The number of nitrogens with zero attached hydrogens (tertiary/aromatic N) is 1. The number of hydrogen-bond acceptors (Lipinski definition) is 1. The lowest BCUT2D eigenvalue weighted by atomic mass is 9.91. The van der Waals surface area contributed by atoms with Crippen molar-refractivity contribution >= 4 is 17.5 Å². The van der Waals surface area contributed by atoms with Crippen molar-refractivity contribution in [3.63, 3.8) is 0 Å². The minimum atomic E-state index is 0.250. The van der Waals surface area contributed by atoms with Crippen LogP contribution in [0.3, 0.4) is 0 Å². The lowest BCUT2D eigenvalue weighted by Gasteiger charge is -2.37. The van der Waals surface area contributed by atoms with Crippen LogP contribution in [0.5, 0.6) is 0 Å². The second kappa shape index (κ2) is 6.95. The van der Waals surface area contributed by atoms with E-state index in [1.807, 2.05) is 17.0 Å². The topological polar surface area (TPSA) is 20.3 Å². The highest BCUT2D eigenvalue weighted by Crippen LogP contribution is 2.25. The first kappa shape index (κ1) is 14.4. The lowest BCUT2D eigenvalue weighted by molar-refractivity contribution is -0.134. The molecule has 104 valence electrons. The number of carbonyl (C=O) groups is 1. The van der Waals surface area contributed by atoms with Crippen molar-refractivity contribution in [1.29, 1.82) is 0 Å². The van der Waals surface area contributed by atoms with E-state index in [9.17, 15) is 4.79 Å². The van der Waals surface area contributed by atoms with Crippen LogP contribution in [0, 0.1) is 6.92 Å². The summed E-state index contributed by atoms with van der Waals surface area (Å²) in [4.78, 5) is 14.5. The molecule has 0 N–H and O–H groups in total. The maximum absolute atomic E-state index is 12.4. The average Bonchev–Trinajstić information content (AvgIpc) is 2.31. The van der Waals surface area contributed by atoms with Crippen LogP contribution in [0.25, 0.3) is 0 Å². The van der Waals surface area contributed by atoms with Crippen LogP contribution in [0.2, 0.25) is 0 Å². The molecule has 3 heteroatoms. The van der Waals surface area contributed by atoms with Crippen LogP contribution in [-0.2, 0) is 11.2 Å². The van der Waals surface area contributed by atoms with Crippen molar-refractivity contribution in [3.8, 4) is 0 Å². The van der Waals surface area contributed by atoms with Gasteiger partial charge < -0.3 is 4.90 Å². The van der Waals surface area contributed by atoms with E-state index in [2.05, 4.69) is 19.1 Å². The summed E-state index contributed by atoms with van der Waals surface area (Å²) in [6.07, 6.45) is 4.96. The van der Waals surface area contributed by atoms with Gasteiger partial charge in [-0.15, -0.1) is 11.6 Å². The van der Waals surface area contributed by atoms with E-state index in [1.54, 1.807) is 0 Å². The standard InChI is InChI=1S/C16H22ClNO/c1-13-5-2-6-14(11-13)12-16(19)18(10-4-9-17)15-7-3-8-15/h2,5-6,11,15H,3-4,7-10,12H2,1H3. The minimum Gasteiger partial charge on any atom is -0.339 e. The number of halogens is 1. The Morgan fingerprint density at radius 1 is 1.42 bits per heavy atom. The zero-order valence-corrected chi connectivity index (χ0v) is 12.3. The van der Waals surface area contributed by atoms with Gasteiger partial charge in [0.15, 0.2) is 0 Å². The van der Waals surface area contributed by atoms with Gasteiger partial charge in [0.1, 0.15) is 0 Å². The molecule has 19 heavy (non-hydrogen) atoms. The highest BCUT2D eigenvalue weighted by atomic mass is 35.5. The van der Waals surface area contributed by atoms with Gasteiger partial charge in [0.2, 0.25) is 5.91 Å². The van der Waals surface area contributed by atoms with Crippen molar-refractivity contribution < 1.29 is 4.79 Å². The van der Waals surface area contributed by atoms with E-state index in [1.165, 1.54) is 12.0 Å². The van der Waals surface area contributed by atoms with Gasteiger partial charge in [0.25, 0.3) is 0 Å². The molecule has 1 saturated carbocycles. The smallest absolute Gasteiger partial charge is 0.227 e. The largest absolute Gasteiger partial charge is 0.339 e. The fourth-order valence-electron chi connectivity index (χ4n) is 2.54. The highest BCUT2D eigenvalue weighted by molar-refractivity contribution is 6.17. The number of aryl methyl sites for hydroxylation is 1. The van der Waals surface area contributed by atoms with Crippen LogP contribution in [-0.4, -0.2) is 29.3 Å². The second-order valence-corrected chi connectivity index (χ2v) is 5.76. The SMILES string of the molecule is Cc1cccc(CC(=O)N(CCCCl)C2CCC2)c1. The Labute approximate surface area is 120 Å². The predicted octanol–water partition coefficient (Wildman–Crippen LogP) is 3.55. The van der Waals surface area contributed by atoms with E-state index in [0.29, 0.717) is 18.3 Å². The molecule has 0 unspecified atom stereocenters. The van der Waals surface area contributed by atoms with Crippen LogP contribution in [0.15, 0.2) is 24.3 Å². The normalized spacial score (nSPS) is 15.1. The van der Waals surface area contributed by atoms with E-state index < -0.39 is 0 Å². The molecule has 0 radical (unpaired) electrons. The van der Waals surface area contributed by atoms with Gasteiger partial charge in [-0.1, -0.05) is 29.8 Å². The summed E-state index contributed by atoms with van der Waals surface area (Å²) in [5.41, 5.74) is 2.32. The van der Waals surface area contributed by atoms with Gasteiger partial charge in [-0.05, 0) is 38.2 Å². The quantitative estimate of drug-likeness (QED) is 0.729. The number of benzene rings is 1. The molecule has 1 aliphatic rings. The number of alkyl halides is 1. The van der Waals surface area contributed by atoms with Gasteiger partial charge in [-0.2, -0.15) is 0 Å². The van der Waals surface area contributed by atoms with Crippen molar-refractivity contribution in [1.82, 2.24) is 4.90 Å². The summed E-state index contributed by atoms with van der Waals surface area (Å²) >= 11 is 5.76. The number of rotatable bonds is 6. The molecule has 1 amide bonds. The molecule has 2 rings (SSSR count). The van der Waals surface area contributed by atoms with E-state index in [-0.39, 0.29) is 5.91 Å². The van der Waals surface area contributed by atoms with E-state index in [0.717, 1.165) is 31.4 Å². The Bertz CT molecular complexity index is 429. The number of carbonyl (C=O) groups excluding carboxylic acids is 1. The molecule has 0 aliphatic heterocycles. The third kappa shape index (κ3) is 3.97. The van der Waals surface area contributed by atoms with Gasteiger partial charge >= 0.3 is 0 Å². The van der Waals surface area contributed by atoms with Crippen LogP contribution < -0.4 is 0 Å². The summed E-state index contributed by atoms with van der Waals surface area (Å²) in [6, 6.07) is 8.67. The summed E-state index contributed by atoms with van der Waals surface area (Å²) in [6.45, 7) is 2.87. The molecule has 0 aromatic heterocycles. The zero-order chi connectivity index (χ0) is 13.7. The lowest BCUT2D eigenvalue weighted by Crippen LogP contribution is -2.45. The number of amides is 1. The summed E-state index contributed by atoms with van der Waals surface area (Å²) < 4.78 is 0. The molecular formula is C16H22ClNO. The predicted molar refractivity (Wildman–Crippen MR) is 79.6 cm³/mol. The van der Waals surface area contributed by atoms with Gasteiger partial charge in [0.05, 0.1) is 6.42 Å². The third-order valence-electron chi connectivity index (χ3n) is 3.81. The van der Waals surface area contributed by atoms with Crippen LogP contribution in [0.4, 0.5) is 0 Å². The van der Waals surface area contributed by atoms with Crippen molar-refractivity contribution in [2.45, 2.75) is 45.1 Å². The summed E-state index contributed by atoms with van der Waals surface area (Å²) in [5.74, 6) is 0.876. The highest BCUT2D eigenvalue weighted by Gasteiger charge is 2.28. The molecule has 2 nitrogen and oxygen atoms in total. The molecule has 1 aliphatic carbocycles. The molecule has 0 atom stereocenters. The monoisotopic (exact) mass is 279 g/mol. The van der Waals surface area contributed by atoms with E-state index >= 15 is 0 Å². The maximum atomic E-state index is 12.4. The molecule has 1 aromatic carbocycles. The molecule has 1 fully saturated rings. The summed E-state index contributed by atoms with van der Waals surface area (Å²) in [7, 11) is 0. The maximum Gasteiger partial charge on any atom is 0.227 e. The Morgan fingerprint density at radius 2 is 2.21 bits per heavy atom. The van der Waals surface area contributed by atoms with Gasteiger partial charge in [-0.25, -0.2) is 0 Å². The third-order valence-corrected chi connectivity index (χ3v) is 4.07. The van der Waals surface area contributed by atoms with Crippen molar-refractivity contribution in [2.24, 2.45) is 0 Å². The van der Waals surface area contributed by atoms with E-state index in [4.69, 9.17) is 11.6 Å². The molecule has 0 saturated heterocycles. The second-order valence-electron chi connectivity index (χ2n) is 5.38. The van der Waals surface area contributed by atoms with Crippen LogP contribution in [0.1, 0.15) is 36.8 Å². The Kier molecular flexibility index (Phi) is 5.26. The average molecular weight is 280 g/mol. The van der Waals surface area contributed by atoms with Crippen molar-refractivity contribution in [2.75, 3.05) is 12.4 Å². The number of hydrogen-bond donors (Lipinski definition) is 0. The molecule has 1 aromatic rings. The summed E-state index contributed by atoms with van der Waals surface area (Å²) in [5, 5.41) is 0. The fraction of sp³-hybridized carbons (Fsp3) is 0.562. The first-order chi connectivity index (χ1) is 9.20. The fourth-order valence-corrected chi connectivity index (χ4v) is 2.66. The first-order valence-corrected chi connectivity index (χ1v) is 7.65. The molecule has 0 spiro atoms. The molecule has 0 heterocycles. The van der Waals surface area contributed by atoms with Crippen molar-refractivity contribution in [3.05, 3.63) is 35.4 Å². The van der Waals surface area contributed by atoms with Crippen LogP contribution >= 0.6 is 11.6 Å². The Hall–Kier alpha value is -1.02. The minimum absolute atomic E-state index is 0.250. The van der Waals surface area contributed by atoms with Gasteiger partial charge in [0, 0.05) is 18.5 Å².